The van der Waals surface area contributed by atoms with Gasteiger partial charge in [-0.05, 0) is 65.9 Å². The average molecular weight is 816 g/mol. The number of halogens is 11. The van der Waals surface area contributed by atoms with Gasteiger partial charge in [-0.3, -0.25) is 4.52 Å². The molecule has 0 aliphatic carbocycles. The van der Waals surface area contributed by atoms with E-state index in [1.165, 1.54) is 25.4 Å². The summed E-state index contributed by atoms with van der Waals surface area (Å²) in [6.45, 7) is 2.35. The molecule has 0 fully saturated rings. The van der Waals surface area contributed by atoms with Crippen molar-refractivity contribution in [3.63, 3.8) is 0 Å². The molecular formula is C32H33ClF10NO8P. The summed E-state index contributed by atoms with van der Waals surface area (Å²) in [6, 6.07) is 4.13. The predicted octanol–water partition coefficient (Wildman–Crippen LogP) is 5.14. The van der Waals surface area contributed by atoms with Gasteiger partial charge < -0.3 is 41.7 Å². The van der Waals surface area contributed by atoms with Gasteiger partial charge in [0.05, 0.1) is 30.4 Å². The number of rotatable bonds is 13. The Balaban J connectivity index is 0.00000972. The fourth-order valence-corrected chi connectivity index (χ4v) is 5.39. The van der Waals surface area contributed by atoms with Crippen molar-refractivity contribution in [3.05, 3.63) is 87.7 Å². The molecule has 3 aromatic carbocycles. The van der Waals surface area contributed by atoms with Crippen LogP contribution in [-0.4, -0.2) is 42.3 Å². The van der Waals surface area contributed by atoms with Gasteiger partial charge in [0.2, 0.25) is 0 Å². The molecule has 0 heterocycles. The smallest absolute Gasteiger partial charge is 0.509 e. The number of phosphoric acid groups is 1. The summed E-state index contributed by atoms with van der Waals surface area (Å²) >= 11 is 0. The number of quaternary nitrogens is 1. The van der Waals surface area contributed by atoms with Crippen LogP contribution in [0.1, 0.15) is 66.2 Å². The van der Waals surface area contributed by atoms with Crippen LogP contribution in [0.4, 0.5) is 48.7 Å². The van der Waals surface area contributed by atoms with Gasteiger partial charge in [0.25, 0.3) is 0 Å². The van der Waals surface area contributed by atoms with E-state index >= 15 is 0 Å². The molecule has 0 aliphatic rings. The summed E-state index contributed by atoms with van der Waals surface area (Å²) in [7, 11) is -3.80. The third kappa shape index (κ3) is 12.7. The van der Waals surface area contributed by atoms with E-state index in [9.17, 15) is 53.3 Å². The van der Waals surface area contributed by atoms with Crippen molar-refractivity contribution in [1.82, 2.24) is 0 Å². The summed E-state index contributed by atoms with van der Waals surface area (Å²) in [5.74, 6) is -1.07. The van der Waals surface area contributed by atoms with Gasteiger partial charge in [0, 0.05) is 17.2 Å². The SMILES string of the molecule is COc1cc(F)c(C(C)C)cc1-c1ccc(C(F)(F)F)cc1C[NH2+][C@@H](C)[C@H](OC(=O)OCCOP(=O)(O)O)c1cc(C(F)(F)F)cc(C(F)(F)F)c1.[Cl-]. The highest BCUT2D eigenvalue weighted by atomic mass is 35.5. The minimum Gasteiger partial charge on any atom is -1.00 e. The molecule has 53 heavy (non-hydrogen) atoms. The lowest BCUT2D eigenvalue weighted by atomic mass is 9.92. The van der Waals surface area contributed by atoms with Crippen LogP contribution in [0.2, 0.25) is 0 Å². The Morgan fingerprint density at radius 2 is 1.38 bits per heavy atom. The number of carbonyl (C=O) groups excluding carboxylic acids is 1. The second-order valence-electron chi connectivity index (χ2n) is 11.7. The van der Waals surface area contributed by atoms with Crippen LogP contribution in [0.3, 0.4) is 0 Å². The van der Waals surface area contributed by atoms with E-state index in [-0.39, 0.29) is 52.4 Å². The molecule has 0 aliphatic heterocycles. The maximum absolute atomic E-state index is 14.8. The van der Waals surface area contributed by atoms with Gasteiger partial charge in [-0.25, -0.2) is 13.8 Å². The molecule has 0 unspecified atom stereocenters. The number of methoxy groups -OCH3 is 1. The molecule has 0 spiro atoms. The Labute approximate surface area is 302 Å². The summed E-state index contributed by atoms with van der Waals surface area (Å²) in [5, 5.41) is 1.18. The number of nitrogens with two attached hydrogens (primary N) is 1. The summed E-state index contributed by atoms with van der Waals surface area (Å²) < 4.78 is 169. The Morgan fingerprint density at radius 1 is 0.811 bits per heavy atom. The van der Waals surface area contributed by atoms with Crippen molar-refractivity contribution in [3.8, 4) is 16.9 Å². The molecule has 3 aromatic rings. The van der Waals surface area contributed by atoms with Crippen molar-refractivity contribution in [2.75, 3.05) is 20.3 Å². The highest BCUT2D eigenvalue weighted by molar-refractivity contribution is 7.46. The zero-order chi connectivity index (χ0) is 39.4. The number of benzene rings is 3. The quantitative estimate of drug-likeness (QED) is 0.0938. The van der Waals surface area contributed by atoms with E-state index in [1.807, 2.05) is 0 Å². The molecular weight excluding hydrogens is 783 g/mol. The molecule has 2 atom stereocenters. The standard InChI is InChI=1S/C32H32F10NO8P.ClH/c1-16(2)24-13-25(27(48-4)14-26(24)33)23-6-5-20(30(34,35)36)11-19(23)15-43-17(3)28(51-29(44)49-7-8-50-52(45,46)47)18-9-21(31(37,38)39)12-22(10-18)32(40,41)42;/h5-6,9-14,16-17,28,43H,7-8,15H2,1-4H3,(H2,45,46,47);1H/t17-,28-;/m0./s1. The fraction of sp³-hybridized carbons (Fsp3) is 0.406. The van der Waals surface area contributed by atoms with Gasteiger partial charge in [0.1, 0.15) is 30.8 Å². The van der Waals surface area contributed by atoms with E-state index in [0.29, 0.717) is 12.1 Å². The van der Waals surface area contributed by atoms with Crippen LogP contribution < -0.4 is 22.5 Å². The van der Waals surface area contributed by atoms with Crippen molar-refractivity contribution < 1.29 is 99.5 Å². The summed E-state index contributed by atoms with van der Waals surface area (Å²) in [4.78, 5) is 30.1. The first kappa shape index (κ1) is 45.5. The molecule has 3 rings (SSSR count). The van der Waals surface area contributed by atoms with Crippen LogP contribution in [0, 0.1) is 5.82 Å². The molecule has 296 valence electrons. The largest absolute Gasteiger partial charge is 1.00 e. The average Bonchev–Trinajstić information content (AvgIpc) is 3.02. The van der Waals surface area contributed by atoms with Crippen LogP contribution in [0.5, 0.6) is 5.75 Å². The second-order valence-corrected chi connectivity index (χ2v) is 12.9. The zero-order valence-corrected chi connectivity index (χ0v) is 29.6. The number of carbonyl (C=O) groups is 1. The third-order valence-corrected chi connectivity index (χ3v) is 8.09. The normalized spacial score (nSPS) is 13.7. The van der Waals surface area contributed by atoms with Crippen LogP contribution in [-0.2, 0) is 43.6 Å². The van der Waals surface area contributed by atoms with Gasteiger partial charge in [-0.1, -0.05) is 19.9 Å². The van der Waals surface area contributed by atoms with E-state index in [0.717, 1.165) is 24.3 Å². The van der Waals surface area contributed by atoms with E-state index < -0.39 is 92.5 Å². The highest BCUT2D eigenvalue weighted by Gasteiger charge is 2.40. The third-order valence-electron chi connectivity index (χ3n) is 7.58. The van der Waals surface area contributed by atoms with E-state index in [1.54, 1.807) is 13.8 Å². The highest BCUT2D eigenvalue weighted by Crippen LogP contribution is 2.41. The molecule has 21 heteroatoms. The topological polar surface area (TPSA) is 128 Å². The van der Waals surface area contributed by atoms with Crippen molar-refractivity contribution in [2.45, 2.75) is 63.9 Å². The maximum atomic E-state index is 14.8. The molecule has 0 aromatic heterocycles. The zero-order valence-electron chi connectivity index (χ0n) is 28.0. The Hall–Kier alpha value is -3.61. The minimum absolute atomic E-state index is 0. The summed E-state index contributed by atoms with van der Waals surface area (Å²) in [5.41, 5.74) is -5.02. The Kier molecular flexibility index (Phi) is 15.2. The first-order valence-electron chi connectivity index (χ1n) is 15.1. The predicted molar refractivity (Wildman–Crippen MR) is 162 cm³/mol. The fourth-order valence-electron chi connectivity index (χ4n) is 5.07. The van der Waals surface area contributed by atoms with Crippen molar-refractivity contribution in [1.29, 1.82) is 0 Å². The number of alkyl halides is 9. The first-order valence-corrected chi connectivity index (χ1v) is 16.6. The molecule has 0 amide bonds. The Morgan fingerprint density at radius 3 is 1.87 bits per heavy atom. The monoisotopic (exact) mass is 815 g/mol. The van der Waals surface area contributed by atoms with Gasteiger partial charge in [-0.2, -0.15) is 39.5 Å². The summed E-state index contributed by atoms with van der Waals surface area (Å²) in [6.07, 6.45) is -19.1. The van der Waals surface area contributed by atoms with Crippen LogP contribution in [0.15, 0.2) is 48.5 Å². The molecule has 0 saturated carbocycles. The first-order chi connectivity index (χ1) is 23.8. The number of phosphoric ester groups is 1. The van der Waals surface area contributed by atoms with Gasteiger partial charge in [-0.15, -0.1) is 0 Å². The molecule has 4 N–H and O–H groups in total. The van der Waals surface area contributed by atoms with E-state index in [2.05, 4.69) is 9.26 Å². The molecule has 0 radical (unpaired) electrons. The lowest BCUT2D eigenvalue weighted by molar-refractivity contribution is -0.708. The van der Waals surface area contributed by atoms with Gasteiger partial charge in [0.15, 0.2) is 6.10 Å². The lowest BCUT2D eigenvalue weighted by Crippen LogP contribution is -3.00. The second kappa shape index (κ2) is 17.7. The van der Waals surface area contributed by atoms with Crippen LogP contribution >= 0.6 is 7.82 Å². The minimum atomic E-state index is -5.30. The van der Waals surface area contributed by atoms with Crippen molar-refractivity contribution in [2.24, 2.45) is 0 Å². The number of ether oxygens (including phenoxy) is 3. The van der Waals surface area contributed by atoms with Crippen molar-refractivity contribution >= 4 is 14.0 Å². The number of hydrogen-bond acceptors (Lipinski definition) is 6. The van der Waals surface area contributed by atoms with Gasteiger partial charge >= 0.3 is 32.5 Å². The van der Waals surface area contributed by atoms with Crippen LogP contribution in [0.25, 0.3) is 11.1 Å². The Bertz CT molecular complexity index is 1750. The molecule has 9 nitrogen and oxygen atoms in total. The molecule has 0 bridgehead atoms. The molecule has 0 saturated heterocycles. The lowest BCUT2D eigenvalue weighted by Gasteiger charge is -2.25. The van der Waals surface area contributed by atoms with E-state index in [4.69, 9.17) is 19.3 Å². The maximum Gasteiger partial charge on any atom is 0.509 e. The number of hydrogen-bond donors (Lipinski definition) is 3.